The van der Waals surface area contributed by atoms with E-state index >= 15 is 0 Å². The smallest absolute Gasteiger partial charge is 0.420 e. The standard InChI is InChI=1S/C14H26N2O4/c1-13(2,3)19-11(17)16(10-7-9(15)8-10)12(18)20-14(4,5)6/h9-10H,7-8,15H2,1-6H3. The fraction of sp³-hybridized carbons (Fsp3) is 0.857. The number of carbonyl (C=O) groups excluding carboxylic acids is 2. The van der Waals surface area contributed by atoms with Gasteiger partial charge in [-0.15, -0.1) is 0 Å². The van der Waals surface area contributed by atoms with Gasteiger partial charge >= 0.3 is 12.2 Å². The monoisotopic (exact) mass is 286 g/mol. The maximum absolute atomic E-state index is 12.2. The fourth-order valence-corrected chi connectivity index (χ4v) is 1.84. The number of carbonyl (C=O) groups is 2. The van der Waals surface area contributed by atoms with Gasteiger partial charge in [0.15, 0.2) is 0 Å². The molecule has 0 atom stereocenters. The van der Waals surface area contributed by atoms with Crippen LogP contribution in [0.2, 0.25) is 0 Å². The molecule has 0 bridgehead atoms. The van der Waals surface area contributed by atoms with Gasteiger partial charge < -0.3 is 15.2 Å². The molecule has 0 spiro atoms. The Labute approximate surface area is 120 Å². The van der Waals surface area contributed by atoms with Crippen molar-refractivity contribution in [2.75, 3.05) is 0 Å². The van der Waals surface area contributed by atoms with Crippen molar-refractivity contribution in [2.24, 2.45) is 5.73 Å². The number of rotatable bonds is 1. The highest BCUT2D eigenvalue weighted by atomic mass is 16.6. The van der Waals surface area contributed by atoms with Gasteiger partial charge in [-0.1, -0.05) is 0 Å². The van der Waals surface area contributed by atoms with Gasteiger partial charge in [0.1, 0.15) is 11.2 Å². The molecule has 6 nitrogen and oxygen atoms in total. The van der Waals surface area contributed by atoms with Gasteiger partial charge in [0.2, 0.25) is 0 Å². The van der Waals surface area contributed by atoms with Crippen LogP contribution in [-0.2, 0) is 9.47 Å². The van der Waals surface area contributed by atoms with E-state index in [4.69, 9.17) is 15.2 Å². The molecule has 0 heterocycles. The topological polar surface area (TPSA) is 81.9 Å². The molecule has 0 aromatic heterocycles. The molecule has 1 saturated carbocycles. The first-order valence-electron chi connectivity index (χ1n) is 6.90. The first kappa shape index (κ1) is 16.8. The summed E-state index contributed by atoms with van der Waals surface area (Å²) < 4.78 is 10.5. The Morgan fingerprint density at radius 1 is 0.950 bits per heavy atom. The van der Waals surface area contributed by atoms with E-state index in [1.54, 1.807) is 41.5 Å². The lowest BCUT2D eigenvalue weighted by atomic mass is 9.86. The number of nitrogens with two attached hydrogens (primary N) is 1. The van der Waals surface area contributed by atoms with Crippen molar-refractivity contribution in [1.82, 2.24) is 4.90 Å². The molecule has 1 rings (SSSR count). The largest absolute Gasteiger partial charge is 0.443 e. The second-order valence-electron chi connectivity index (χ2n) is 7.22. The zero-order valence-electron chi connectivity index (χ0n) is 13.2. The van der Waals surface area contributed by atoms with Crippen molar-refractivity contribution in [3.05, 3.63) is 0 Å². The summed E-state index contributed by atoms with van der Waals surface area (Å²) in [7, 11) is 0. The van der Waals surface area contributed by atoms with Crippen LogP contribution >= 0.6 is 0 Å². The zero-order valence-corrected chi connectivity index (χ0v) is 13.2. The predicted molar refractivity (Wildman–Crippen MR) is 75.3 cm³/mol. The van der Waals surface area contributed by atoms with E-state index in [1.807, 2.05) is 0 Å². The summed E-state index contributed by atoms with van der Waals surface area (Å²) >= 11 is 0. The van der Waals surface area contributed by atoms with Crippen LogP contribution in [0.5, 0.6) is 0 Å². The van der Waals surface area contributed by atoms with Crippen molar-refractivity contribution in [3.8, 4) is 0 Å². The molecule has 2 N–H and O–H groups in total. The number of nitrogens with zero attached hydrogens (tertiary/aromatic N) is 1. The number of hydrogen-bond donors (Lipinski definition) is 1. The van der Waals surface area contributed by atoms with E-state index in [0.717, 1.165) is 4.90 Å². The minimum atomic E-state index is -0.677. The number of ether oxygens (including phenoxy) is 2. The Morgan fingerprint density at radius 2 is 1.30 bits per heavy atom. The lowest BCUT2D eigenvalue weighted by Gasteiger charge is -2.40. The molecule has 20 heavy (non-hydrogen) atoms. The Kier molecular flexibility index (Phi) is 4.69. The molecule has 0 aromatic carbocycles. The summed E-state index contributed by atoms with van der Waals surface area (Å²) in [5.41, 5.74) is 4.40. The zero-order chi connectivity index (χ0) is 15.7. The number of imide groups is 1. The molecule has 2 amide bonds. The van der Waals surface area contributed by atoms with Gasteiger partial charge in [-0.05, 0) is 54.4 Å². The van der Waals surface area contributed by atoms with Gasteiger partial charge in [0.05, 0.1) is 0 Å². The van der Waals surface area contributed by atoms with Crippen molar-refractivity contribution in [2.45, 2.75) is 77.7 Å². The van der Waals surface area contributed by atoms with Crippen molar-refractivity contribution >= 4 is 12.2 Å². The maximum atomic E-state index is 12.2. The van der Waals surface area contributed by atoms with Crippen molar-refractivity contribution in [1.29, 1.82) is 0 Å². The van der Waals surface area contributed by atoms with E-state index in [0.29, 0.717) is 12.8 Å². The summed E-state index contributed by atoms with van der Waals surface area (Å²) in [5, 5.41) is 0. The molecule has 1 fully saturated rings. The average Bonchev–Trinajstić information content (AvgIpc) is 2.08. The van der Waals surface area contributed by atoms with Crippen molar-refractivity contribution in [3.63, 3.8) is 0 Å². The summed E-state index contributed by atoms with van der Waals surface area (Å²) in [6.45, 7) is 10.5. The van der Waals surface area contributed by atoms with Crippen molar-refractivity contribution < 1.29 is 19.1 Å². The van der Waals surface area contributed by atoms with Gasteiger partial charge in [-0.25, -0.2) is 14.5 Å². The molecule has 0 saturated heterocycles. The summed E-state index contributed by atoms with van der Waals surface area (Å²) in [4.78, 5) is 25.4. The van der Waals surface area contributed by atoms with Crippen LogP contribution in [0.4, 0.5) is 9.59 Å². The second kappa shape index (κ2) is 5.60. The minimum absolute atomic E-state index is 0.0207. The Hall–Kier alpha value is -1.30. The minimum Gasteiger partial charge on any atom is -0.443 e. The van der Waals surface area contributed by atoms with Gasteiger partial charge in [-0.2, -0.15) is 0 Å². The van der Waals surface area contributed by atoms with Gasteiger partial charge in [0, 0.05) is 12.1 Å². The Morgan fingerprint density at radius 3 is 1.55 bits per heavy atom. The molecule has 116 valence electrons. The van der Waals surface area contributed by atoms with Crippen LogP contribution in [0.3, 0.4) is 0 Å². The lowest BCUT2D eigenvalue weighted by Crippen LogP contribution is -2.56. The van der Waals surface area contributed by atoms with Gasteiger partial charge in [-0.3, -0.25) is 0 Å². The predicted octanol–water partition coefficient (Wildman–Crippen LogP) is 2.65. The molecule has 0 radical (unpaired) electrons. The van der Waals surface area contributed by atoms with E-state index in [1.165, 1.54) is 0 Å². The van der Waals surface area contributed by atoms with E-state index in [9.17, 15) is 9.59 Å². The van der Waals surface area contributed by atoms with Crippen LogP contribution < -0.4 is 5.73 Å². The SMILES string of the molecule is CC(C)(C)OC(=O)N(C(=O)OC(C)(C)C)C1CC(N)C1. The van der Waals surface area contributed by atoms with E-state index in [2.05, 4.69) is 0 Å². The highest BCUT2D eigenvalue weighted by Gasteiger charge is 2.42. The molecular weight excluding hydrogens is 260 g/mol. The average molecular weight is 286 g/mol. The Bertz CT molecular complexity index is 348. The first-order valence-corrected chi connectivity index (χ1v) is 6.90. The molecule has 0 aliphatic heterocycles. The molecule has 1 aliphatic rings. The molecular formula is C14H26N2O4. The molecule has 0 unspecified atom stereocenters. The third-order valence-corrected chi connectivity index (χ3v) is 2.70. The summed E-state index contributed by atoms with van der Waals surface area (Å²) in [6.07, 6.45) is -0.191. The maximum Gasteiger partial charge on any atom is 0.420 e. The quantitative estimate of drug-likeness (QED) is 0.801. The number of amides is 2. The highest BCUT2D eigenvalue weighted by molar-refractivity contribution is 5.88. The summed E-state index contributed by atoms with van der Waals surface area (Å²) in [5.74, 6) is 0. The van der Waals surface area contributed by atoms with Gasteiger partial charge in [0.25, 0.3) is 0 Å². The third kappa shape index (κ3) is 5.00. The van der Waals surface area contributed by atoms with Crippen LogP contribution in [-0.4, -0.2) is 40.4 Å². The first-order chi connectivity index (χ1) is 8.89. The molecule has 1 aliphatic carbocycles. The fourth-order valence-electron chi connectivity index (χ4n) is 1.84. The number of hydrogen-bond acceptors (Lipinski definition) is 5. The highest BCUT2D eigenvalue weighted by Crippen LogP contribution is 2.27. The van der Waals surface area contributed by atoms with Crippen LogP contribution in [0.15, 0.2) is 0 Å². The van der Waals surface area contributed by atoms with E-state index in [-0.39, 0.29) is 12.1 Å². The Balaban J connectivity index is 2.80. The molecule has 0 aromatic rings. The van der Waals surface area contributed by atoms with E-state index < -0.39 is 23.4 Å². The van der Waals surface area contributed by atoms with Crippen LogP contribution in [0, 0.1) is 0 Å². The normalized spacial score (nSPS) is 22.8. The second-order valence-corrected chi connectivity index (χ2v) is 7.22. The summed E-state index contributed by atoms with van der Waals surface area (Å²) in [6, 6.07) is -0.220. The van der Waals surface area contributed by atoms with Crippen LogP contribution in [0.1, 0.15) is 54.4 Å². The molecule has 6 heteroatoms. The lowest BCUT2D eigenvalue weighted by molar-refractivity contribution is -0.0168. The van der Waals surface area contributed by atoms with Crippen LogP contribution in [0.25, 0.3) is 0 Å². The third-order valence-electron chi connectivity index (χ3n) is 2.70.